The van der Waals surface area contributed by atoms with Gasteiger partial charge in [-0.3, -0.25) is 19.5 Å². The number of aliphatic carboxylic acids is 1. The first kappa shape index (κ1) is 19.8. The second-order valence-electron chi connectivity index (χ2n) is 7.00. The number of carbonyl (C=O) groups excluding carboxylic acids is 1. The zero-order chi connectivity index (χ0) is 19.9. The van der Waals surface area contributed by atoms with Gasteiger partial charge in [-0.1, -0.05) is 0 Å². The Morgan fingerprint density at radius 2 is 1.96 bits per heavy atom. The van der Waals surface area contributed by atoms with E-state index < -0.39 is 5.97 Å². The normalized spacial score (nSPS) is 17.2. The Morgan fingerprint density at radius 1 is 1.18 bits per heavy atom. The molecule has 0 radical (unpaired) electrons. The molecule has 1 N–H and O–H groups in total. The number of pyridine rings is 1. The van der Waals surface area contributed by atoms with E-state index in [4.69, 9.17) is 9.84 Å². The number of amides is 1. The number of benzene rings is 1. The second kappa shape index (κ2) is 9.32. The van der Waals surface area contributed by atoms with Crippen LogP contribution in [-0.4, -0.2) is 64.5 Å². The molecule has 1 fully saturated rings. The molecule has 2 aromatic rings. The van der Waals surface area contributed by atoms with Crippen LogP contribution in [0, 0.1) is 0 Å². The molecule has 1 aromatic heterocycles. The molecule has 28 heavy (non-hydrogen) atoms. The van der Waals surface area contributed by atoms with Gasteiger partial charge in [-0.2, -0.15) is 0 Å². The van der Waals surface area contributed by atoms with E-state index in [0.717, 1.165) is 19.3 Å². The fourth-order valence-electron chi connectivity index (χ4n) is 3.46. The van der Waals surface area contributed by atoms with Crippen LogP contribution in [0.15, 0.2) is 48.8 Å². The molecule has 7 heteroatoms. The van der Waals surface area contributed by atoms with Crippen LogP contribution >= 0.6 is 0 Å². The number of carbonyl (C=O) groups is 2. The zero-order valence-corrected chi connectivity index (χ0v) is 16.0. The van der Waals surface area contributed by atoms with Crippen molar-refractivity contribution in [2.24, 2.45) is 0 Å². The highest BCUT2D eigenvalue weighted by atomic mass is 16.5. The highest BCUT2D eigenvalue weighted by Gasteiger charge is 2.24. The van der Waals surface area contributed by atoms with Gasteiger partial charge in [0.25, 0.3) is 5.91 Å². The lowest BCUT2D eigenvalue weighted by molar-refractivity contribution is -0.138. The van der Waals surface area contributed by atoms with Crippen molar-refractivity contribution >= 4 is 11.9 Å². The van der Waals surface area contributed by atoms with E-state index in [1.165, 1.54) is 0 Å². The molecule has 1 saturated heterocycles. The fourth-order valence-corrected chi connectivity index (χ4v) is 3.46. The summed E-state index contributed by atoms with van der Waals surface area (Å²) in [6.07, 6.45) is 5.85. The van der Waals surface area contributed by atoms with Crippen LogP contribution in [0.5, 0.6) is 11.5 Å². The monoisotopic (exact) mass is 383 g/mol. The molecule has 1 aromatic carbocycles. The number of ether oxygens (including phenoxy) is 1. The summed E-state index contributed by atoms with van der Waals surface area (Å²) in [5.41, 5.74) is 0.621. The van der Waals surface area contributed by atoms with Crippen molar-refractivity contribution in [3.8, 4) is 11.5 Å². The third-order valence-corrected chi connectivity index (χ3v) is 4.96. The summed E-state index contributed by atoms with van der Waals surface area (Å²) in [6.45, 7) is 1.34. The number of hydrogen-bond acceptors (Lipinski definition) is 5. The predicted molar refractivity (Wildman–Crippen MR) is 105 cm³/mol. The van der Waals surface area contributed by atoms with Gasteiger partial charge in [-0.15, -0.1) is 0 Å². The van der Waals surface area contributed by atoms with E-state index in [1.54, 1.807) is 42.7 Å². The lowest BCUT2D eigenvalue weighted by Gasteiger charge is -2.25. The van der Waals surface area contributed by atoms with Crippen LogP contribution in [0.4, 0.5) is 0 Å². The largest absolute Gasteiger partial charge is 0.480 e. The van der Waals surface area contributed by atoms with Gasteiger partial charge in [-0.25, -0.2) is 0 Å². The average Bonchev–Trinajstić information content (AvgIpc) is 2.95. The van der Waals surface area contributed by atoms with Crippen molar-refractivity contribution in [1.82, 2.24) is 14.8 Å². The highest BCUT2D eigenvalue weighted by Crippen LogP contribution is 2.22. The van der Waals surface area contributed by atoms with E-state index >= 15 is 0 Å². The lowest BCUT2D eigenvalue weighted by atomic mass is 10.1. The lowest BCUT2D eigenvalue weighted by Crippen LogP contribution is -2.37. The first-order chi connectivity index (χ1) is 13.5. The van der Waals surface area contributed by atoms with Crippen molar-refractivity contribution < 1.29 is 19.4 Å². The summed E-state index contributed by atoms with van der Waals surface area (Å²) in [6, 6.07) is 10.9. The molecule has 0 spiro atoms. The van der Waals surface area contributed by atoms with E-state index in [9.17, 15) is 9.59 Å². The zero-order valence-electron chi connectivity index (χ0n) is 16.0. The maximum Gasteiger partial charge on any atom is 0.317 e. The SMILES string of the molecule is CN(CC(=O)O)C1CCCN(C(=O)c2ccc(Oc3cccnc3)cc2)CC1. The molecule has 148 valence electrons. The highest BCUT2D eigenvalue weighted by molar-refractivity contribution is 5.94. The molecule has 1 aliphatic rings. The number of nitrogens with zero attached hydrogens (tertiary/aromatic N) is 3. The van der Waals surface area contributed by atoms with Crippen LogP contribution in [0.25, 0.3) is 0 Å². The number of aromatic nitrogens is 1. The van der Waals surface area contributed by atoms with E-state index in [1.807, 2.05) is 22.9 Å². The average molecular weight is 383 g/mol. The van der Waals surface area contributed by atoms with E-state index in [2.05, 4.69) is 4.98 Å². The minimum atomic E-state index is -0.826. The Labute approximate surface area is 164 Å². The van der Waals surface area contributed by atoms with Gasteiger partial charge < -0.3 is 14.7 Å². The molecule has 7 nitrogen and oxygen atoms in total. The Balaban J connectivity index is 1.58. The molecular formula is C21H25N3O4. The van der Waals surface area contributed by atoms with Crippen molar-refractivity contribution in [2.75, 3.05) is 26.7 Å². The molecule has 1 atom stereocenters. The molecule has 2 heterocycles. The summed E-state index contributed by atoms with van der Waals surface area (Å²) < 4.78 is 5.71. The summed E-state index contributed by atoms with van der Waals surface area (Å²) in [7, 11) is 1.83. The fraction of sp³-hybridized carbons (Fsp3) is 0.381. The number of hydrogen-bond donors (Lipinski definition) is 1. The molecule has 1 amide bonds. The smallest absolute Gasteiger partial charge is 0.317 e. The maximum absolute atomic E-state index is 12.8. The van der Waals surface area contributed by atoms with Crippen molar-refractivity contribution in [3.05, 3.63) is 54.4 Å². The minimum absolute atomic E-state index is 0.00512. The summed E-state index contributed by atoms with van der Waals surface area (Å²) in [5.74, 6) is 0.462. The molecule has 1 unspecified atom stereocenters. The van der Waals surface area contributed by atoms with Crippen LogP contribution in [0.2, 0.25) is 0 Å². The number of carboxylic acids is 1. The first-order valence-corrected chi connectivity index (χ1v) is 9.42. The minimum Gasteiger partial charge on any atom is -0.480 e. The summed E-state index contributed by atoms with van der Waals surface area (Å²) in [5, 5.41) is 8.97. The van der Waals surface area contributed by atoms with Crippen LogP contribution in [0.1, 0.15) is 29.6 Å². The van der Waals surface area contributed by atoms with Gasteiger partial charge in [0, 0.05) is 30.9 Å². The molecule has 1 aliphatic heterocycles. The Hall–Kier alpha value is -2.93. The number of likely N-dealkylation sites (N-methyl/N-ethyl adjacent to an activating group) is 1. The van der Waals surface area contributed by atoms with Gasteiger partial charge >= 0.3 is 5.97 Å². The van der Waals surface area contributed by atoms with Crippen LogP contribution in [-0.2, 0) is 4.79 Å². The quantitative estimate of drug-likeness (QED) is 0.826. The Kier molecular flexibility index (Phi) is 6.60. The third kappa shape index (κ3) is 5.29. The van der Waals surface area contributed by atoms with Crippen molar-refractivity contribution in [1.29, 1.82) is 0 Å². The third-order valence-electron chi connectivity index (χ3n) is 4.96. The van der Waals surface area contributed by atoms with Crippen molar-refractivity contribution in [3.63, 3.8) is 0 Å². The van der Waals surface area contributed by atoms with Gasteiger partial charge in [0.2, 0.25) is 0 Å². The predicted octanol–water partition coefficient (Wildman–Crippen LogP) is 2.89. The molecule has 0 bridgehead atoms. The topological polar surface area (TPSA) is 83.0 Å². The second-order valence-corrected chi connectivity index (χ2v) is 7.00. The van der Waals surface area contributed by atoms with Crippen LogP contribution in [0.3, 0.4) is 0 Å². The Morgan fingerprint density at radius 3 is 2.64 bits per heavy atom. The van der Waals surface area contributed by atoms with Gasteiger partial charge in [0.05, 0.1) is 12.7 Å². The van der Waals surface area contributed by atoms with Gasteiger partial charge in [-0.05, 0) is 62.7 Å². The molecular weight excluding hydrogens is 358 g/mol. The first-order valence-electron chi connectivity index (χ1n) is 9.42. The number of rotatable bonds is 6. The standard InChI is InChI=1S/C21H25N3O4/c1-23(15-20(25)26)17-4-3-12-24(13-10-17)21(27)16-6-8-18(9-7-16)28-19-5-2-11-22-14-19/h2,5-9,11,14,17H,3-4,10,12-13,15H2,1H3,(H,25,26). The van der Waals surface area contributed by atoms with E-state index in [0.29, 0.717) is 30.2 Å². The van der Waals surface area contributed by atoms with E-state index in [-0.39, 0.29) is 18.5 Å². The Bertz CT molecular complexity index is 795. The molecule has 0 saturated carbocycles. The van der Waals surface area contributed by atoms with Gasteiger partial charge in [0.1, 0.15) is 11.5 Å². The molecule has 3 rings (SSSR count). The summed E-state index contributed by atoms with van der Waals surface area (Å²) >= 11 is 0. The van der Waals surface area contributed by atoms with Crippen molar-refractivity contribution in [2.45, 2.75) is 25.3 Å². The summed E-state index contributed by atoms with van der Waals surface area (Å²) in [4.78, 5) is 31.5. The number of likely N-dealkylation sites (tertiary alicyclic amines) is 1. The van der Waals surface area contributed by atoms with Crippen LogP contribution < -0.4 is 4.74 Å². The van der Waals surface area contributed by atoms with Gasteiger partial charge in [0.15, 0.2) is 0 Å². The number of carboxylic acid groups (broad SMARTS) is 1. The maximum atomic E-state index is 12.8. The molecule has 0 aliphatic carbocycles.